The molecule has 2 amide bonds. The van der Waals surface area contributed by atoms with Gasteiger partial charge in [-0.2, -0.15) is 0 Å². The van der Waals surface area contributed by atoms with Crippen LogP contribution in [0.5, 0.6) is 0 Å². The number of carbonyl (C=O) groups excluding carboxylic acids is 2. The maximum Gasteiger partial charge on any atom is 0.254 e. The SMILES string of the molecule is CN(C)C(=O)c1cc([C@H]2CCN(C(=O)c3ccccc3-c3ccccc3)C2)nc2ccccc12. The summed E-state index contributed by atoms with van der Waals surface area (Å²) in [6.07, 6.45) is 0.820. The van der Waals surface area contributed by atoms with Crippen molar-refractivity contribution < 1.29 is 9.59 Å². The molecule has 5 heteroatoms. The zero-order chi connectivity index (χ0) is 23.7. The van der Waals surface area contributed by atoms with Crippen LogP contribution in [0, 0.1) is 0 Å². The molecule has 0 spiro atoms. The van der Waals surface area contributed by atoms with Crippen LogP contribution in [0.3, 0.4) is 0 Å². The zero-order valence-electron chi connectivity index (χ0n) is 19.4. The predicted octanol–water partition coefficient (Wildman–Crippen LogP) is 5.23. The molecule has 0 bridgehead atoms. The summed E-state index contributed by atoms with van der Waals surface area (Å²) in [4.78, 5) is 34.8. The molecule has 4 aromatic rings. The normalized spacial score (nSPS) is 15.5. The maximum absolute atomic E-state index is 13.5. The van der Waals surface area contributed by atoms with E-state index < -0.39 is 0 Å². The molecule has 34 heavy (non-hydrogen) atoms. The highest BCUT2D eigenvalue weighted by Crippen LogP contribution is 2.32. The second kappa shape index (κ2) is 9.10. The molecule has 1 saturated heterocycles. The lowest BCUT2D eigenvalue weighted by atomic mass is 9.98. The predicted molar refractivity (Wildman–Crippen MR) is 135 cm³/mol. The molecule has 5 rings (SSSR count). The standard InChI is InChI=1S/C29H27N3O2/c1-31(2)28(33)25-18-27(30-26-15-9-8-13-23(25)26)21-16-17-32(19-21)29(34)24-14-7-6-12-22(24)20-10-4-3-5-11-20/h3-15,18,21H,16-17,19H2,1-2H3/t21-/m0/s1. The third kappa shape index (κ3) is 4.05. The van der Waals surface area contributed by atoms with Gasteiger partial charge in [-0.3, -0.25) is 14.6 Å². The topological polar surface area (TPSA) is 53.5 Å². The number of rotatable bonds is 4. The summed E-state index contributed by atoms with van der Waals surface area (Å²) in [6.45, 7) is 1.25. The lowest BCUT2D eigenvalue weighted by molar-refractivity contribution is 0.0789. The van der Waals surface area contributed by atoms with E-state index in [2.05, 4.69) is 0 Å². The quantitative estimate of drug-likeness (QED) is 0.429. The van der Waals surface area contributed by atoms with Crippen molar-refractivity contribution in [3.63, 3.8) is 0 Å². The van der Waals surface area contributed by atoms with Crippen LogP contribution >= 0.6 is 0 Å². The van der Waals surface area contributed by atoms with Gasteiger partial charge in [-0.05, 0) is 35.7 Å². The van der Waals surface area contributed by atoms with Crippen LogP contribution in [0.1, 0.15) is 38.7 Å². The van der Waals surface area contributed by atoms with Crippen LogP contribution in [0.2, 0.25) is 0 Å². The molecule has 1 aromatic heterocycles. The highest BCUT2D eigenvalue weighted by atomic mass is 16.2. The van der Waals surface area contributed by atoms with E-state index >= 15 is 0 Å². The van der Waals surface area contributed by atoms with Gasteiger partial charge in [-0.1, -0.05) is 66.7 Å². The number of pyridine rings is 1. The van der Waals surface area contributed by atoms with Crippen LogP contribution in [0.25, 0.3) is 22.0 Å². The van der Waals surface area contributed by atoms with Crippen molar-refractivity contribution in [2.75, 3.05) is 27.2 Å². The fraction of sp³-hybridized carbons (Fsp3) is 0.207. The first-order chi connectivity index (χ1) is 16.5. The van der Waals surface area contributed by atoms with Gasteiger partial charge in [0.15, 0.2) is 0 Å². The number of nitrogens with zero attached hydrogens (tertiary/aromatic N) is 3. The smallest absolute Gasteiger partial charge is 0.254 e. The number of hydrogen-bond donors (Lipinski definition) is 0. The molecule has 0 aliphatic carbocycles. The van der Waals surface area contributed by atoms with Gasteiger partial charge in [0.1, 0.15) is 0 Å². The van der Waals surface area contributed by atoms with Crippen molar-refractivity contribution in [1.82, 2.24) is 14.8 Å². The molecular formula is C29H27N3O2. The fourth-order valence-corrected chi connectivity index (χ4v) is 4.72. The highest BCUT2D eigenvalue weighted by Gasteiger charge is 2.31. The number of amides is 2. The number of carbonyl (C=O) groups is 2. The van der Waals surface area contributed by atoms with Crippen LogP contribution in [0.15, 0.2) is 84.9 Å². The van der Waals surface area contributed by atoms with Crippen LogP contribution in [-0.2, 0) is 0 Å². The van der Waals surface area contributed by atoms with E-state index in [-0.39, 0.29) is 17.7 Å². The molecule has 0 unspecified atom stereocenters. The Hall–Kier alpha value is -3.99. The van der Waals surface area contributed by atoms with E-state index in [1.165, 1.54) is 0 Å². The molecule has 0 radical (unpaired) electrons. The third-order valence-electron chi connectivity index (χ3n) is 6.51. The summed E-state index contributed by atoms with van der Waals surface area (Å²) in [5.74, 6) is 0.0843. The minimum absolute atomic E-state index is 0.0346. The molecule has 1 aliphatic heterocycles. The third-order valence-corrected chi connectivity index (χ3v) is 6.51. The summed E-state index contributed by atoms with van der Waals surface area (Å²) in [5.41, 5.74) is 5.03. The largest absolute Gasteiger partial charge is 0.345 e. The number of aromatic nitrogens is 1. The average Bonchev–Trinajstić information content (AvgIpc) is 3.38. The Morgan fingerprint density at radius 1 is 0.882 bits per heavy atom. The van der Waals surface area contributed by atoms with E-state index in [0.29, 0.717) is 24.2 Å². The van der Waals surface area contributed by atoms with E-state index in [0.717, 1.165) is 34.1 Å². The van der Waals surface area contributed by atoms with Crippen LogP contribution in [0.4, 0.5) is 0 Å². The Labute approximate surface area is 199 Å². The van der Waals surface area contributed by atoms with Crippen molar-refractivity contribution in [1.29, 1.82) is 0 Å². The average molecular weight is 450 g/mol. The van der Waals surface area contributed by atoms with Crippen molar-refractivity contribution >= 4 is 22.7 Å². The summed E-state index contributed by atoms with van der Waals surface area (Å²) < 4.78 is 0. The zero-order valence-corrected chi connectivity index (χ0v) is 19.4. The second-order valence-electron chi connectivity index (χ2n) is 8.96. The van der Waals surface area contributed by atoms with Gasteiger partial charge in [0.05, 0.1) is 11.1 Å². The first-order valence-electron chi connectivity index (χ1n) is 11.6. The van der Waals surface area contributed by atoms with Gasteiger partial charge >= 0.3 is 0 Å². The Morgan fingerprint density at radius 2 is 1.59 bits per heavy atom. The van der Waals surface area contributed by atoms with E-state index in [4.69, 9.17) is 4.98 Å². The lowest BCUT2D eigenvalue weighted by Crippen LogP contribution is -2.29. The van der Waals surface area contributed by atoms with Gasteiger partial charge < -0.3 is 9.80 Å². The molecule has 0 N–H and O–H groups in total. The molecule has 5 nitrogen and oxygen atoms in total. The molecule has 1 aliphatic rings. The maximum atomic E-state index is 13.5. The van der Waals surface area contributed by atoms with E-state index in [9.17, 15) is 9.59 Å². The van der Waals surface area contributed by atoms with Crippen LogP contribution < -0.4 is 0 Å². The van der Waals surface area contributed by atoms with Gasteiger partial charge in [-0.25, -0.2) is 0 Å². The van der Waals surface area contributed by atoms with Crippen molar-refractivity contribution in [3.05, 3.63) is 102 Å². The molecule has 0 saturated carbocycles. The molecule has 1 atom stereocenters. The molecule has 1 fully saturated rings. The number of hydrogen-bond acceptors (Lipinski definition) is 3. The van der Waals surface area contributed by atoms with Crippen LogP contribution in [-0.4, -0.2) is 53.8 Å². The van der Waals surface area contributed by atoms with Gasteiger partial charge in [0.2, 0.25) is 0 Å². The fourth-order valence-electron chi connectivity index (χ4n) is 4.72. The first kappa shape index (κ1) is 21.8. The van der Waals surface area contributed by atoms with Crippen molar-refractivity contribution in [3.8, 4) is 11.1 Å². The van der Waals surface area contributed by atoms with Crippen molar-refractivity contribution in [2.45, 2.75) is 12.3 Å². The summed E-state index contributed by atoms with van der Waals surface area (Å²) in [5, 5.41) is 0.854. The molecule has 170 valence electrons. The monoisotopic (exact) mass is 449 g/mol. The Bertz CT molecular complexity index is 1360. The van der Waals surface area contributed by atoms with Crippen molar-refractivity contribution in [2.24, 2.45) is 0 Å². The molecular weight excluding hydrogens is 422 g/mol. The van der Waals surface area contributed by atoms with Gasteiger partial charge in [-0.15, -0.1) is 0 Å². The van der Waals surface area contributed by atoms with Gasteiger partial charge in [0, 0.05) is 49.7 Å². The molecule has 3 aromatic carbocycles. The Kier molecular flexibility index (Phi) is 5.84. The second-order valence-corrected chi connectivity index (χ2v) is 8.96. The minimum atomic E-state index is -0.0393. The summed E-state index contributed by atoms with van der Waals surface area (Å²) >= 11 is 0. The minimum Gasteiger partial charge on any atom is -0.345 e. The number of para-hydroxylation sites is 1. The summed E-state index contributed by atoms with van der Waals surface area (Å²) in [6, 6.07) is 27.5. The van der Waals surface area contributed by atoms with Gasteiger partial charge in [0.25, 0.3) is 11.8 Å². The Morgan fingerprint density at radius 3 is 2.38 bits per heavy atom. The highest BCUT2D eigenvalue weighted by molar-refractivity contribution is 6.06. The lowest BCUT2D eigenvalue weighted by Gasteiger charge is -2.19. The summed E-state index contributed by atoms with van der Waals surface area (Å²) in [7, 11) is 3.52. The Balaban J connectivity index is 1.44. The first-order valence-corrected chi connectivity index (χ1v) is 11.6. The number of likely N-dealkylation sites (tertiary alicyclic amines) is 1. The van der Waals surface area contributed by atoms with E-state index in [1.807, 2.05) is 89.8 Å². The number of benzene rings is 3. The van der Waals surface area contributed by atoms with E-state index in [1.54, 1.807) is 19.0 Å². The molecule has 2 heterocycles. The number of fused-ring (bicyclic) bond motifs is 1.